The zero-order chi connectivity index (χ0) is 13.5. The molecule has 3 heteroatoms. The van der Waals surface area contributed by atoms with Gasteiger partial charge in [0.05, 0.1) is 5.51 Å². The second kappa shape index (κ2) is 4.39. The number of nitrogens with zero attached hydrogens (tertiary/aromatic N) is 1. The third kappa shape index (κ3) is 2.27. The molecule has 0 aliphatic carbocycles. The highest BCUT2D eigenvalue weighted by molar-refractivity contribution is 7.14. The maximum atomic E-state index is 5.99. The Balaban J connectivity index is 2.62. The second-order valence-electron chi connectivity index (χ2n) is 5.80. The number of benzene rings is 1. The van der Waals surface area contributed by atoms with Crippen molar-refractivity contribution in [3.63, 3.8) is 0 Å². The quantitative estimate of drug-likeness (QED) is 0.830. The van der Waals surface area contributed by atoms with E-state index in [1.54, 1.807) is 5.51 Å². The van der Waals surface area contributed by atoms with Crippen molar-refractivity contribution in [2.75, 3.05) is 5.73 Å². The van der Waals surface area contributed by atoms with E-state index in [-0.39, 0.29) is 5.41 Å². The Hall–Kier alpha value is -1.35. The Kier molecular flexibility index (Phi) is 3.20. The van der Waals surface area contributed by atoms with Crippen molar-refractivity contribution in [3.05, 3.63) is 34.3 Å². The molecule has 1 aromatic heterocycles. The number of anilines is 1. The number of nitrogens with two attached hydrogens (primary N) is 1. The van der Waals surface area contributed by atoms with Gasteiger partial charge in [-0.15, -0.1) is 11.3 Å². The third-order valence-corrected chi connectivity index (χ3v) is 3.89. The Bertz CT molecular complexity index is 553. The van der Waals surface area contributed by atoms with E-state index in [0.29, 0.717) is 0 Å². The average molecular weight is 260 g/mol. The van der Waals surface area contributed by atoms with E-state index in [0.717, 1.165) is 10.7 Å². The van der Waals surface area contributed by atoms with Gasteiger partial charge < -0.3 is 5.73 Å². The van der Waals surface area contributed by atoms with Crippen LogP contribution in [0.3, 0.4) is 0 Å². The molecule has 0 fully saturated rings. The Labute approximate surface area is 113 Å². The summed E-state index contributed by atoms with van der Waals surface area (Å²) >= 11 is 1.49. The van der Waals surface area contributed by atoms with Gasteiger partial charge in [0.2, 0.25) is 0 Å². The van der Waals surface area contributed by atoms with Crippen molar-refractivity contribution in [1.82, 2.24) is 4.98 Å². The minimum absolute atomic E-state index is 0.168. The molecule has 0 aliphatic heterocycles. The average Bonchev–Trinajstić information content (AvgIpc) is 2.62. The minimum atomic E-state index is 0.168. The molecule has 1 aromatic carbocycles. The normalized spacial score (nSPS) is 11.8. The van der Waals surface area contributed by atoms with Crippen molar-refractivity contribution in [1.29, 1.82) is 0 Å². The molecule has 18 heavy (non-hydrogen) atoms. The molecule has 0 radical (unpaired) electrons. The molecule has 0 amide bonds. The van der Waals surface area contributed by atoms with Gasteiger partial charge in [0.25, 0.3) is 0 Å². The van der Waals surface area contributed by atoms with E-state index in [4.69, 9.17) is 5.73 Å². The molecular formula is C15H20N2S. The number of thiazole rings is 1. The van der Waals surface area contributed by atoms with Crippen molar-refractivity contribution >= 4 is 16.3 Å². The SMILES string of the molecule is Cc1cc(C(C)(C)C)cc(C)c1-c1ncsc1N. The third-order valence-electron chi connectivity index (χ3n) is 3.23. The molecule has 0 saturated heterocycles. The van der Waals surface area contributed by atoms with Crippen LogP contribution < -0.4 is 5.73 Å². The van der Waals surface area contributed by atoms with Crippen LogP contribution in [-0.2, 0) is 5.41 Å². The molecule has 0 spiro atoms. The van der Waals surface area contributed by atoms with Gasteiger partial charge in [-0.2, -0.15) is 0 Å². The van der Waals surface area contributed by atoms with Crippen LogP contribution >= 0.6 is 11.3 Å². The largest absolute Gasteiger partial charge is 0.389 e. The lowest BCUT2D eigenvalue weighted by atomic mass is 9.83. The van der Waals surface area contributed by atoms with Gasteiger partial charge in [0.1, 0.15) is 10.7 Å². The van der Waals surface area contributed by atoms with Gasteiger partial charge in [0.15, 0.2) is 0 Å². The van der Waals surface area contributed by atoms with E-state index in [9.17, 15) is 0 Å². The Morgan fingerprint density at radius 2 is 1.67 bits per heavy atom. The van der Waals surface area contributed by atoms with Gasteiger partial charge in [0, 0.05) is 5.56 Å². The van der Waals surface area contributed by atoms with E-state index < -0.39 is 0 Å². The highest BCUT2D eigenvalue weighted by Crippen LogP contribution is 2.35. The summed E-state index contributed by atoms with van der Waals surface area (Å²) in [7, 11) is 0. The fraction of sp³-hybridized carbons (Fsp3) is 0.400. The summed E-state index contributed by atoms with van der Waals surface area (Å²) in [5.41, 5.74) is 13.9. The van der Waals surface area contributed by atoms with Gasteiger partial charge in [-0.25, -0.2) is 4.98 Å². The monoisotopic (exact) mass is 260 g/mol. The highest BCUT2D eigenvalue weighted by Gasteiger charge is 2.18. The first-order chi connectivity index (χ1) is 8.30. The van der Waals surface area contributed by atoms with E-state index in [1.165, 1.54) is 33.6 Å². The lowest BCUT2D eigenvalue weighted by molar-refractivity contribution is 0.589. The van der Waals surface area contributed by atoms with Crippen LogP contribution in [0.5, 0.6) is 0 Å². The van der Waals surface area contributed by atoms with Crippen molar-refractivity contribution in [2.24, 2.45) is 0 Å². The summed E-state index contributed by atoms with van der Waals surface area (Å²) in [5.74, 6) is 0. The summed E-state index contributed by atoms with van der Waals surface area (Å²) in [6, 6.07) is 4.50. The summed E-state index contributed by atoms with van der Waals surface area (Å²) in [5, 5.41) is 0.796. The molecule has 0 atom stereocenters. The molecule has 0 bridgehead atoms. The molecule has 1 heterocycles. The Morgan fingerprint density at radius 1 is 1.11 bits per heavy atom. The molecule has 0 aliphatic rings. The maximum absolute atomic E-state index is 5.99. The maximum Gasteiger partial charge on any atom is 0.114 e. The van der Waals surface area contributed by atoms with E-state index in [1.807, 2.05) is 0 Å². The number of hydrogen-bond acceptors (Lipinski definition) is 3. The first-order valence-electron chi connectivity index (χ1n) is 6.12. The number of nitrogen functional groups attached to an aromatic ring is 1. The summed E-state index contributed by atoms with van der Waals surface area (Å²) < 4.78 is 0. The van der Waals surface area contributed by atoms with Gasteiger partial charge in [-0.1, -0.05) is 32.9 Å². The molecule has 96 valence electrons. The second-order valence-corrected chi connectivity index (χ2v) is 6.69. The van der Waals surface area contributed by atoms with Crippen molar-refractivity contribution in [2.45, 2.75) is 40.0 Å². The van der Waals surface area contributed by atoms with Crippen LogP contribution in [0, 0.1) is 13.8 Å². The number of aromatic nitrogens is 1. The smallest absolute Gasteiger partial charge is 0.114 e. The molecule has 2 N–H and O–H groups in total. The molecule has 0 saturated carbocycles. The highest BCUT2D eigenvalue weighted by atomic mass is 32.1. The zero-order valence-corrected chi connectivity index (χ0v) is 12.5. The first kappa shape index (κ1) is 13.1. The molecule has 2 nitrogen and oxygen atoms in total. The topological polar surface area (TPSA) is 38.9 Å². The molecular weight excluding hydrogens is 240 g/mol. The molecule has 2 aromatic rings. The van der Waals surface area contributed by atoms with E-state index >= 15 is 0 Å². The van der Waals surface area contributed by atoms with Crippen molar-refractivity contribution < 1.29 is 0 Å². The fourth-order valence-corrected chi connectivity index (χ4v) is 2.75. The van der Waals surface area contributed by atoms with Crippen LogP contribution in [0.1, 0.15) is 37.5 Å². The standard InChI is InChI=1S/C15H20N2S/c1-9-6-11(15(3,4)5)7-10(2)12(9)13-14(16)18-8-17-13/h6-8H,16H2,1-5H3. The lowest BCUT2D eigenvalue weighted by Gasteiger charge is -2.22. The van der Waals surface area contributed by atoms with Crippen LogP contribution in [0.25, 0.3) is 11.3 Å². The molecule has 0 unspecified atom stereocenters. The van der Waals surface area contributed by atoms with Crippen LogP contribution in [0.2, 0.25) is 0 Å². The van der Waals surface area contributed by atoms with Gasteiger partial charge >= 0.3 is 0 Å². The zero-order valence-electron chi connectivity index (χ0n) is 11.7. The lowest BCUT2D eigenvalue weighted by Crippen LogP contribution is -2.12. The summed E-state index contributed by atoms with van der Waals surface area (Å²) in [6.45, 7) is 11.0. The fourth-order valence-electron chi connectivity index (χ4n) is 2.21. The summed E-state index contributed by atoms with van der Waals surface area (Å²) in [6.07, 6.45) is 0. The van der Waals surface area contributed by atoms with Crippen molar-refractivity contribution in [3.8, 4) is 11.3 Å². The predicted molar refractivity (Wildman–Crippen MR) is 80.1 cm³/mol. The van der Waals surface area contributed by atoms with E-state index in [2.05, 4.69) is 51.7 Å². The number of aryl methyl sites for hydroxylation is 2. The predicted octanol–water partition coefficient (Wildman–Crippen LogP) is 4.31. The van der Waals surface area contributed by atoms with Gasteiger partial charge in [-0.3, -0.25) is 0 Å². The van der Waals surface area contributed by atoms with Crippen LogP contribution in [0.15, 0.2) is 17.6 Å². The summed E-state index contributed by atoms with van der Waals surface area (Å²) in [4.78, 5) is 4.39. The van der Waals surface area contributed by atoms with Crippen LogP contribution in [0.4, 0.5) is 5.00 Å². The number of hydrogen-bond donors (Lipinski definition) is 1. The first-order valence-corrected chi connectivity index (χ1v) is 6.99. The molecule has 2 rings (SSSR count). The Morgan fingerprint density at radius 3 is 2.06 bits per heavy atom. The minimum Gasteiger partial charge on any atom is -0.389 e. The number of rotatable bonds is 1. The van der Waals surface area contributed by atoms with Gasteiger partial charge in [-0.05, 0) is 36.0 Å². The van der Waals surface area contributed by atoms with Crippen LogP contribution in [-0.4, -0.2) is 4.98 Å².